The number of piperidine rings is 1. The van der Waals surface area contributed by atoms with Crippen LogP contribution in [0.5, 0.6) is 5.88 Å². The maximum absolute atomic E-state index is 11.0. The fraction of sp³-hybridized carbons (Fsp3) is 0.500. The number of amides is 2. The molecular weight excluding hydrogens is 232 g/mol. The van der Waals surface area contributed by atoms with E-state index in [9.17, 15) is 4.79 Å². The second-order valence-corrected chi connectivity index (χ2v) is 4.30. The maximum atomic E-state index is 11.0. The molecule has 0 saturated carbocycles. The van der Waals surface area contributed by atoms with Crippen molar-refractivity contribution in [3.63, 3.8) is 0 Å². The monoisotopic (exact) mass is 250 g/mol. The number of hydrogen-bond acceptors (Lipinski definition) is 4. The number of carbonyl (C=O) groups is 1. The molecule has 0 unspecified atom stereocenters. The molecule has 98 valence electrons. The van der Waals surface area contributed by atoms with Gasteiger partial charge >= 0.3 is 6.03 Å². The summed E-state index contributed by atoms with van der Waals surface area (Å²) in [5.74, 6) is 0.592. The molecule has 0 bridgehead atoms. The van der Waals surface area contributed by atoms with Gasteiger partial charge in [0.2, 0.25) is 5.88 Å². The third-order valence-corrected chi connectivity index (χ3v) is 3.13. The number of anilines is 1. The molecule has 2 amide bonds. The molecule has 6 nitrogen and oxygen atoms in total. The van der Waals surface area contributed by atoms with E-state index in [0.717, 1.165) is 18.5 Å². The van der Waals surface area contributed by atoms with E-state index < -0.39 is 0 Å². The Morgan fingerprint density at radius 3 is 2.89 bits per heavy atom. The highest BCUT2D eigenvalue weighted by atomic mass is 16.5. The minimum atomic E-state index is -0.340. The van der Waals surface area contributed by atoms with Gasteiger partial charge in [0.1, 0.15) is 0 Å². The Bertz CT molecular complexity index is 416. The molecule has 1 aliphatic heterocycles. The van der Waals surface area contributed by atoms with Gasteiger partial charge < -0.3 is 20.7 Å². The largest absolute Gasteiger partial charge is 0.480 e. The van der Waals surface area contributed by atoms with Crippen LogP contribution in [-0.2, 0) is 0 Å². The Balaban J connectivity index is 1.93. The van der Waals surface area contributed by atoms with Crippen LogP contribution in [0.15, 0.2) is 18.3 Å². The summed E-state index contributed by atoms with van der Waals surface area (Å²) in [6.07, 6.45) is 3.45. The van der Waals surface area contributed by atoms with E-state index in [2.05, 4.69) is 10.3 Å². The van der Waals surface area contributed by atoms with Gasteiger partial charge in [-0.1, -0.05) is 0 Å². The lowest BCUT2D eigenvalue weighted by Crippen LogP contribution is -2.44. The van der Waals surface area contributed by atoms with Gasteiger partial charge in [-0.3, -0.25) is 0 Å². The van der Waals surface area contributed by atoms with Gasteiger partial charge in [0.15, 0.2) is 0 Å². The van der Waals surface area contributed by atoms with Crippen molar-refractivity contribution in [1.29, 1.82) is 0 Å². The lowest BCUT2D eigenvalue weighted by Gasteiger charge is -2.31. The highest BCUT2D eigenvalue weighted by molar-refractivity contribution is 5.72. The first kappa shape index (κ1) is 12.5. The quantitative estimate of drug-likeness (QED) is 0.840. The number of nitrogens with zero attached hydrogens (tertiary/aromatic N) is 2. The number of ether oxygens (including phenoxy) is 1. The smallest absolute Gasteiger partial charge is 0.314 e. The van der Waals surface area contributed by atoms with Crippen LogP contribution in [0, 0.1) is 0 Å². The highest BCUT2D eigenvalue weighted by Crippen LogP contribution is 2.23. The van der Waals surface area contributed by atoms with Crippen LogP contribution < -0.4 is 15.8 Å². The van der Waals surface area contributed by atoms with Gasteiger partial charge in [0.25, 0.3) is 0 Å². The van der Waals surface area contributed by atoms with Crippen LogP contribution in [0.1, 0.15) is 12.8 Å². The number of hydrogen-bond donors (Lipinski definition) is 2. The predicted octanol–water partition coefficient (Wildman–Crippen LogP) is 1.05. The lowest BCUT2D eigenvalue weighted by molar-refractivity contribution is 0.193. The average molecular weight is 250 g/mol. The number of nitrogens with two attached hydrogens (primary N) is 1. The Morgan fingerprint density at radius 2 is 2.28 bits per heavy atom. The van der Waals surface area contributed by atoms with Crippen LogP contribution in [0.25, 0.3) is 0 Å². The van der Waals surface area contributed by atoms with E-state index in [1.807, 2.05) is 12.1 Å². The van der Waals surface area contributed by atoms with E-state index >= 15 is 0 Å². The molecular formula is C12H18N4O2. The summed E-state index contributed by atoms with van der Waals surface area (Å²) in [5.41, 5.74) is 6.13. The number of likely N-dealkylation sites (tertiary alicyclic amines) is 1. The first-order valence-electron chi connectivity index (χ1n) is 6.00. The summed E-state index contributed by atoms with van der Waals surface area (Å²) in [7, 11) is 1.60. The number of pyridine rings is 1. The van der Waals surface area contributed by atoms with Crippen LogP contribution in [0.4, 0.5) is 10.5 Å². The average Bonchev–Trinajstić information content (AvgIpc) is 2.40. The van der Waals surface area contributed by atoms with E-state index in [1.54, 1.807) is 18.2 Å². The highest BCUT2D eigenvalue weighted by Gasteiger charge is 2.21. The van der Waals surface area contributed by atoms with Crippen LogP contribution >= 0.6 is 0 Å². The number of urea groups is 1. The number of aromatic nitrogens is 1. The molecule has 1 aliphatic rings. The Kier molecular flexibility index (Phi) is 3.86. The lowest BCUT2D eigenvalue weighted by atomic mass is 10.1. The molecule has 1 saturated heterocycles. The van der Waals surface area contributed by atoms with E-state index in [-0.39, 0.29) is 6.03 Å². The molecule has 0 atom stereocenters. The van der Waals surface area contributed by atoms with Crippen LogP contribution in [0.3, 0.4) is 0 Å². The molecule has 6 heteroatoms. The number of rotatable bonds is 3. The van der Waals surface area contributed by atoms with Gasteiger partial charge in [-0.25, -0.2) is 9.78 Å². The molecule has 2 rings (SSSR count). The van der Waals surface area contributed by atoms with E-state index in [4.69, 9.17) is 10.5 Å². The fourth-order valence-corrected chi connectivity index (χ4v) is 2.13. The van der Waals surface area contributed by atoms with Gasteiger partial charge in [-0.2, -0.15) is 0 Å². The zero-order valence-electron chi connectivity index (χ0n) is 10.4. The molecule has 1 aromatic heterocycles. The van der Waals surface area contributed by atoms with Crippen molar-refractivity contribution < 1.29 is 9.53 Å². The topological polar surface area (TPSA) is 80.5 Å². The summed E-state index contributed by atoms with van der Waals surface area (Å²) in [6, 6.07) is 3.78. The Morgan fingerprint density at radius 1 is 1.56 bits per heavy atom. The maximum Gasteiger partial charge on any atom is 0.314 e. The van der Waals surface area contributed by atoms with Crippen molar-refractivity contribution in [3.05, 3.63) is 18.3 Å². The normalized spacial score (nSPS) is 16.4. The SMILES string of the molecule is COc1ncccc1NC1CCN(C(N)=O)CC1. The van der Waals surface area contributed by atoms with Crippen molar-refractivity contribution in [1.82, 2.24) is 9.88 Å². The number of methoxy groups -OCH3 is 1. The molecule has 1 aromatic rings. The summed E-state index contributed by atoms with van der Waals surface area (Å²) in [6.45, 7) is 1.38. The van der Waals surface area contributed by atoms with Crippen molar-refractivity contribution in [2.75, 3.05) is 25.5 Å². The molecule has 0 aliphatic carbocycles. The predicted molar refractivity (Wildman–Crippen MR) is 68.6 cm³/mol. The Labute approximate surface area is 106 Å². The van der Waals surface area contributed by atoms with E-state index in [0.29, 0.717) is 25.0 Å². The van der Waals surface area contributed by atoms with Gasteiger partial charge in [-0.05, 0) is 25.0 Å². The van der Waals surface area contributed by atoms with Crippen molar-refractivity contribution >= 4 is 11.7 Å². The van der Waals surface area contributed by atoms with Gasteiger partial charge in [0.05, 0.1) is 12.8 Å². The first-order chi connectivity index (χ1) is 8.70. The molecule has 0 spiro atoms. The Hall–Kier alpha value is -1.98. The van der Waals surface area contributed by atoms with Crippen LogP contribution in [0.2, 0.25) is 0 Å². The number of carbonyl (C=O) groups excluding carboxylic acids is 1. The zero-order chi connectivity index (χ0) is 13.0. The van der Waals surface area contributed by atoms with Crippen molar-refractivity contribution in [2.45, 2.75) is 18.9 Å². The third-order valence-electron chi connectivity index (χ3n) is 3.13. The summed E-state index contributed by atoms with van der Waals surface area (Å²) < 4.78 is 5.19. The number of nitrogens with one attached hydrogen (secondary N) is 1. The second kappa shape index (κ2) is 5.57. The summed E-state index contributed by atoms with van der Waals surface area (Å²) in [4.78, 5) is 16.8. The fourth-order valence-electron chi connectivity index (χ4n) is 2.13. The third kappa shape index (κ3) is 2.82. The van der Waals surface area contributed by atoms with Crippen LogP contribution in [-0.4, -0.2) is 42.2 Å². The molecule has 0 aromatic carbocycles. The van der Waals surface area contributed by atoms with Gasteiger partial charge in [-0.15, -0.1) is 0 Å². The minimum absolute atomic E-state index is 0.318. The number of primary amides is 1. The van der Waals surface area contributed by atoms with E-state index in [1.165, 1.54) is 0 Å². The molecule has 2 heterocycles. The van der Waals surface area contributed by atoms with Crippen molar-refractivity contribution in [2.24, 2.45) is 5.73 Å². The standard InChI is InChI=1S/C12H18N4O2/c1-18-11-10(3-2-6-14-11)15-9-4-7-16(8-5-9)12(13)17/h2-3,6,9,15H,4-5,7-8H2,1H3,(H2,13,17). The summed E-state index contributed by atoms with van der Waals surface area (Å²) >= 11 is 0. The second-order valence-electron chi connectivity index (χ2n) is 4.30. The van der Waals surface area contributed by atoms with Crippen molar-refractivity contribution in [3.8, 4) is 5.88 Å². The molecule has 3 N–H and O–H groups in total. The van der Waals surface area contributed by atoms with Gasteiger partial charge in [0, 0.05) is 25.3 Å². The zero-order valence-corrected chi connectivity index (χ0v) is 10.4. The first-order valence-corrected chi connectivity index (χ1v) is 6.00. The molecule has 0 radical (unpaired) electrons. The molecule has 1 fully saturated rings. The summed E-state index contributed by atoms with van der Waals surface area (Å²) in [5, 5.41) is 3.39. The molecule has 18 heavy (non-hydrogen) atoms. The minimum Gasteiger partial charge on any atom is -0.480 e.